The van der Waals surface area contributed by atoms with Crippen LogP contribution < -0.4 is 15.2 Å². The van der Waals surface area contributed by atoms with Gasteiger partial charge in [-0.15, -0.1) is 10.2 Å². The number of ether oxygens (including phenoxy) is 2. The third-order valence-electron chi connectivity index (χ3n) is 3.64. The molecule has 7 heteroatoms. The number of nitrogens with zero attached hydrogens (tertiary/aromatic N) is 3. The highest BCUT2D eigenvalue weighted by Gasteiger charge is 2.20. The second-order valence-corrected chi connectivity index (χ2v) is 6.06. The summed E-state index contributed by atoms with van der Waals surface area (Å²) in [6, 6.07) is 4.14. The number of aromatic nitrogens is 2. The molecule has 2 heterocycles. The van der Waals surface area contributed by atoms with Gasteiger partial charge in [0, 0.05) is 13.1 Å². The van der Waals surface area contributed by atoms with Crippen molar-refractivity contribution in [2.24, 2.45) is 0 Å². The van der Waals surface area contributed by atoms with E-state index in [0.717, 1.165) is 42.6 Å². The molecule has 2 aromatic rings. The second kappa shape index (κ2) is 5.87. The molecule has 112 valence electrons. The maximum Gasteiger partial charge on any atom is 0.203 e. The zero-order valence-corrected chi connectivity index (χ0v) is 12.9. The number of nitrogens with two attached hydrogens (primary N) is 1. The molecular weight excluding hydrogens is 288 g/mol. The number of methoxy groups -OCH3 is 2. The fourth-order valence-corrected chi connectivity index (χ4v) is 3.25. The maximum absolute atomic E-state index is 5.63. The monoisotopic (exact) mass is 306 g/mol. The lowest BCUT2D eigenvalue weighted by molar-refractivity contribution is 0.243. The van der Waals surface area contributed by atoms with Gasteiger partial charge in [-0.2, -0.15) is 0 Å². The van der Waals surface area contributed by atoms with Crippen LogP contribution in [0.15, 0.2) is 12.1 Å². The largest absolute Gasteiger partial charge is 0.493 e. The molecule has 1 aromatic carbocycles. The fourth-order valence-electron chi connectivity index (χ4n) is 2.60. The van der Waals surface area contributed by atoms with Gasteiger partial charge in [-0.05, 0) is 29.7 Å². The molecular formula is C14H18N4O2S. The van der Waals surface area contributed by atoms with Crippen LogP contribution in [0.5, 0.6) is 11.5 Å². The third kappa shape index (κ3) is 2.93. The van der Waals surface area contributed by atoms with E-state index in [1.807, 2.05) is 0 Å². The summed E-state index contributed by atoms with van der Waals surface area (Å²) in [5, 5.41) is 9.42. The van der Waals surface area contributed by atoms with Crippen LogP contribution >= 0.6 is 11.3 Å². The summed E-state index contributed by atoms with van der Waals surface area (Å²) in [6.07, 6.45) is 0.990. The van der Waals surface area contributed by atoms with Crippen LogP contribution in [0.4, 0.5) is 5.13 Å². The van der Waals surface area contributed by atoms with E-state index in [1.54, 1.807) is 14.2 Å². The Morgan fingerprint density at radius 1 is 1.19 bits per heavy atom. The minimum Gasteiger partial charge on any atom is -0.493 e. The number of benzene rings is 1. The average molecular weight is 306 g/mol. The Morgan fingerprint density at radius 3 is 2.52 bits per heavy atom. The number of hydrogen-bond acceptors (Lipinski definition) is 7. The Morgan fingerprint density at radius 2 is 1.90 bits per heavy atom. The van der Waals surface area contributed by atoms with E-state index in [-0.39, 0.29) is 0 Å². The van der Waals surface area contributed by atoms with Crippen molar-refractivity contribution in [2.45, 2.75) is 19.5 Å². The molecule has 0 amide bonds. The van der Waals surface area contributed by atoms with E-state index in [4.69, 9.17) is 15.2 Å². The van der Waals surface area contributed by atoms with E-state index < -0.39 is 0 Å². The summed E-state index contributed by atoms with van der Waals surface area (Å²) in [7, 11) is 3.33. The molecule has 21 heavy (non-hydrogen) atoms. The third-order valence-corrected chi connectivity index (χ3v) is 4.38. The minimum atomic E-state index is 0.522. The van der Waals surface area contributed by atoms with Crippen molar-refractivity contribution in [2.75, 3.05) is 26.5 Å². The average Bonchev–Trinajstić information content (AvgIpc) is 2.90. The number of anilines is 1. The van der Waals surface area contributed by atoms with E-state index >= 15 is 0 Å². The Labute approximate surface area is 127 Å². The molecule has 2 N–H and O–H groups in total. The Hall–Kier alpha value is -1.86. The van der Waals surface area contributed by atoms with Crippen molar-refractivity contribution >= 4 is 16.5 Å². The number of fused-ring (bicyclic) bond motifs is 1. The van der Waals surface area contributed by atoms with Gasteiger partial charge in [0.25, 0.3) is 0 Å². The molecule has 0 saturated heterocycles. The molecule has 3 rings (SSSR count). The number of rotatable bonds is 4. The van der Waals surface area contributed by atoms with E-state index in [9.17, 15) is 0 Å². The van der Waals surface area contributed by atoms with Crippen molar-refractivity contribution < 1.29 is 9.47 Å². The number of hydrogen-bond donors (Lipinski definition) is 1. The molecule has 0 saturated carbocycles. The van der Waals surface area contributed by atoms with E-state index in [2.05, 4.69) is 27.2 Å². The van der Waals surface area contributed by atoms with Gasteiger partial charge in [-0.1, -0.05) is 11.3 Å². The molecule has 0 radical (unpaired) electrons. The zero-order chi connectivity index (χ0) is 14.8. The van der Waals surface area contributed by atoms with Crippen molar-refractivity contribution in [3.63, 3.8) is 0 Å². The lowest BCUT2D eigenvalue weighted by Gasteiger charge is -2.28. The topological polar surface area (TPSA) is 73.5 Å². The van der Waals surface area contributed by atoms with Gasteiger partial charge in [0.2, 0.25) is 5.13 Å². The van der Waals surface area contributed by atoms with Gasteiger partial charge >= 0.3 is 0 Å². The first-order chi connectivity index (χ1) is 10.2. The highest BCUT2D eigenvalue weighted by molar-refractivity contribution is 7.15. The first-order valence-electron chi connectivity index (χ1n) is 6.73. The lowest BCUT2D eigenvalue weighted by atomic mass is 9.99. The van der Waals surface area contributed by atoms with Gasteiger partial charge in [-0.3, -0.25) is 4.90 Å². The van der Waals surface area contributed by atoms with Gasteiger partial charge in [0.05, 0.1) is 20.8 Å². The highest BCUT2D eigenvalue weighted by Crippen LogP contribution is 2.33. The summed E-state index contributed by atoms with van der Waals surface area (Å²) < 4.78 is 10.7. The molecule has 0 fully saturated rings. The normalized spacial score (nSPS) is 14.8. The summed E-state index contributed by atoms with van der Waals surface area (Å²) in [6.45, 7) is 2.64. The van der Waals surface area contributed by atoms with Crippen LogP contribution in [-0.4, -0.2) is 35.9 Å². The van der Waals surface area contributed by atoms with Crippen LogP contribution in [-0.2, 0) is 19.5 Å². The number of nitrogen functional groups attached to an aromatic ring is 1. The molecule has 0 bridgehead atoms. The van der Waals surface area contributed by atoms with E-state index in [1.165, 1.54) is 22.5 Å². The van der Waals surface area contributed by atoms with Crippen molar-refractivity contribution in [1.29, 1.82) is 0 Å². The molecule has 0 atom stereocenters. The zero-order valence-electron chi connectivity index (χ0n) is 12.1. The van der Waals surface area contributed by atoms with Crippen LogP contribution in [0.2, 0.25) is 0 Å². The highest BCUT2D eigenvalue weighted by atomic mass is 32.1. The molecule has 0 aliphatic carbocycles. The first-order valence-corrected chi connectivity index (χ1v) is 7.55. The predicted octanol–water partition coefficient (Wildman–Crippen LogP) is 1.70. The minimum absolute atomic E-state index is 0.522. The Balaban J connectivity index is 1.78. The fraction of sp³-hybridized carbons (Fsp3) is 0.429. The van der Waals surface area contributed by atoms with Gasteiger partial charge in [0.15, 0.2) is 11.5 Å². The molecule has 1 aromatic heterocycles. The van der Waals surface area contributed by atoms with Crippen LogP contribution in [0.25, 0.3) is 0 Å². The second-order valence-electron chi connectivity index (χ2n) is 4.97. The first kappa shape index (κ1) is 14.1. The molecule has 1 aliphatic rings. The van der Waals surface area contributed by atoms with Gasteiger partial charge in [-0.25, -0.2) is 0 Å². The van der Waals surface area contributed by atoms with Crippen LogP contribution in [0.3, 0.4) is 0 Å². The molecule has 6 nitrogen and oxygen atoms in total. The maximum atomic E-state index is 5.63. The lowest BCUT2D eigenvalue weighted by Crippen LogP contribution is -2.30. The van der Waals surface area contributed by atoms with Gasteiger partial charge < -0.3 is 15.2 Å². The summed E-state index contributed by atoms with van der Waals surface area (Å²) in [4.78, 5) is 2.34. The van der Waals surface area contributed by atoms with Crippen LogP contribution in [0.1, 0.15) is 16.1 Å². The standard InChI is InChI=1S/C14H18N4O2S/c1-19-11-5-9-3-4-18(7-10(9)6-12(11)20-2)8-13-16-17-14(15)21-13/h5-6H,3-4,7-8H2,1-2H3,(H2,15,17). The van der Waals surface area contributed by atoms with Crippen LogP contribution in [0, 0.1) is 0 Å². The van der Waals surface area contributed by atoms with Gasteiger partial charge in [0.1, 0.15) is 5.01 Å². The SMILES string of the molecule is COc1cc2c(cc1OC)CN(Cc1nnc(N)s1)CC2. The smallest absolute Gasteiger partial charge is 0.203 e. The molecule has 1 aliphatic heterocycles. The Bertz CT molecular complexity index is 644. The summed E-state index contributed by atoms with van der Waals surface area (Å²) in [5.74, 6) is 1.57. The summed E-state index contributed by atoms with van der Waals surface area (Å²) in [5.41, 5.74) is 8.22. The Kier molecular flexibility index (Phi) is 3.94. The van der Waals surface area contributed by atoms with Crippen molar-refractivity contribution in [1.82, 2.24) is 15.1 Å². The van der Waals surface area contributed by atoms with Crippen molar-refractivity contribution in [3.05, 3.63) is 28.3 Å². The summed E-state index contributed by atoms with van der Waals surface area (Å²) >= 11 is 1.45. The molecule has 0 spiro atoms. The van der Waals surface area contributed by atoms with Crippen molar-refractivity contribution in [3.8, 4) is 11.5 Å². The predicted molar refractivity (Wildman–Crippen MR) is 81.7 cm³/mol. The molecule has 0 unspecified atom stereocenters. The quantitative estimate of drug-likeness (QED) is 0.927. The van der Waals surface area contributed by atoms with E-state index in [0.29, 0.717) is 5.13 Å².